The van der Waals surface area contributed by atoms with E-state index in [1.54, 1.807) is 0 Å². The molecule has 15 heavy (non-hydrogen) atoms. The molecule has 3 nitrogen and oxygen atoms in total. The number of nitrogens with zero attached hydrogens (tertiary/aromatic N) is 2. The SMILES string of the molecule is CC1=CCC(n2cc(C(C)N)cn2)C=C1. The van der Waals surface area contributed by atoms with Gasteiger partial charge in [-0.15, -0.1) is 0 Å². The molecule has 0 spiro atoms. The number of allylic oxidation sites excluding steroid dienone is 4. The van der Waals surface area contributed by atoms with Crippen LogP contribution in [0.4, 0.5) is 0 Å². The van der Waals surface area contributed by atoms with Crippen molar-refractivity contribution in [2.75, 3.05) is 0 Å². The zero-order valence-corrected chi connectivity index (χ0v) is 9.22. The number of aromatic nitrogens is 2. The molecule has 1 aliphatic rings. The van der Waals surface area contributed by atoms with Gasteiger partial charge in [-0.2, -0.15) is 5.10 Å². The van der Waals surface area contributed by atoms with Crippen molar-refractivity contribution >= 4 is 0 Å². The topological polar surface area (TPSA) is 43.8 Å². The average Bonchev–Trinajstić information content (AvgIpc) is 2.68. The second kappa shape index (κ2) is 4.03. The smallest absolute Gasteiger partial charge is 0.0737 e. The van der Waals surface area contributed by atoms with Crippen LogP contribution in [-0.4, -0.2) is 9.78 Å². The molecule has 1 heterocycles. The third-order valence-electron chi connectivity index (χ3n) is 2.75. The van der Waals surface area contributed by atoms with Crippen molar-refractivity contribution in [3.05, 3.63) is 41.8 Å². The van der Waals surface area contributed by atoms with Gasteiger partial charge < -0.3 is 5.73 Å². The highest BCUT2D eigenvalue weighted by Crippen LogP contribution is 2.21. The fourth-order valence-corrected chi connectivity index (χ4v) is 1.68. The summed E-state index contributed by atoms with van der Waals surface area (Å²) >= 11 is 0. The molecule has 0 amide bonds. The van der Waals surface area contributed by atoms with Crippen molar-refractivity contribution in [3.63, 3.8) is 0 Å². The molecule has 2 N–H and O–H groups in total. The molecule has 1 aromatic heterocycles. The third-order valence-corrected chi connectivity index (χ3v) is 2.75. The van der Waals surface area contributed by atoms with Crippen LogP contribution in [0, 0.1) is 0 Å². The molecular weight excluding hydrogens is 186 g/mol. The Hall–Kier alpha value is -1.35. The Balaban J connectivity index is 2.14. The Morgan fingerprint density at radius 2 is 2.40 bits per heavy atom. The van der Waals surface area contributed by atoms with Gasteiger partial charge in [0.25, 0.3) is 0 Å². The molecule has 0 fully saturated rings. The van der Waals surface area contributed by atoms with Gasteiger partial charge in [0, 0.05) is 17.8 Å². The molecular formula is C12H17N3. The summed E-state index contributed by atoms with van der Waals surface area (Å²) in [5.41, 5.74) is 8.21. The van der Waals surface area contributed by atoms with Gasteiger partial charge in [0.2, 0.25) is 0 Å². The van der Waals surface area contributed by atoms with Gasteiger partial charge in [0.05, 0.1) is 12.2 Å². The number of hydrogen-bond acceptors (Lipinski definition) is 2. The molecule has 0 saturated carbocycles. The van der Waals surface area contributed by atoms with E-state index in [0.29, 0.717) is 6.04 Å². The lowest BCUT2D eigenvalue weighted by Crippen LogP contribution is -2.09. The Bertz CT molecular complexity index is 399. The summed E-state index contributed by atoms with van der Waals surface area (Å²) in [6, 6.07) is 0.407. The van der Waals surface area contributed by atoms with Crippen LogP contribution in [0.25, 0.3) is 0 Å². The summed E-state index contributed by atoms with van der Waals surface area (Å²) < 4.78 is 1.98. The van der Waals surface area contributed by atoms with Crippen LogP contribution in [0.15, 0.2) is 36.2 Å². The molecule has 0 radical (unpaired) electrons. The van der Waals surface area contributed by atoms with Crippen LogP contribution in [0.5, 0.6) is 0 Å². The zero-order valence-electron chi connectivity index (χ0n) is 9.22. The first-order chi connectivity index (χ1) is 7.16. The maximum atomic E-state index is 5.80. The maximum Gasteiger partial charge on any atom is 0.0737 e. The van der Waals surface area contributed by atoms with Gasteiger partial charge in [-0.3, -0.25) is 4.68 Å². The predicted octanol–water partition coefficient (Wildman–Crippen LogP) is 2.35. The van der Waals surface area contributed by atoms with Crippen molar-refractivity contribution < 1.29 is 0 Å². The zero-order chi connectivity index (χ0) is 10.8. The maximum absolute atomic E-state index is 5.80. The normalized spacial score (nSPS) is 22.6. The number of nitrogens with two attached hydrogens (primary N) is 1. The van der Waals surface area contributed by atoms with E-state index in [9.17, 15) is 0 Å². The average molecular weight is 203 g/mol. The van der Waals surface area contributed by atoms with Crippen LogP contribution >= 0.6 is 0 Å². The highest BCUT2D eigenvalue weighted by molar-refractivity contribution is 5.23. The summed E-state index contributed by atoms with van der Waals surface area (Å²) in [5, 5.41) is 4.34. The molecule has 0 aliphatic heterocycles. The first-order valence-corrected chi connectivity index (χ1v) is 5.31. The Kier molecular flexibility index (Phi) is 2.73. The summed E-state index contributed by atoms with van der Waals surface area (Å²) in [6.45, 7) is 4.09. The Labute approximate surface area is 90.3 Å². The van der Waals surface area contributed by atoms with Crippen LogP contribution in [-0.2, 0) is 0 Å². The van der Waals surface area contributed by atoms with Crippen LogP contribution in [0.1, 0.15) is 37.9 Å². The third kappa shape index (κ3) is 2.18. The standard InChI is InChI=1S/C12H17N3/c1-9-3-5-12(6-4-9)15-8-11(7-14-15)10(2)13/h3-5,7-8,10,12H,6,13H2,1-2H3. The van der Waals surface area contributed by atoms with Crippen molar-refractivity contribution in [3.8, 4) is 0 Å². The fourth-order valence-electron chi connectivity index (χ4n) is 1.68. The van der Waals surface area contributed by atoms with E-state index >= 15 is 0 Å². The van der Waals surface area contributed by atoms with Crippen LogP contribution in [0.2, 0.25) is 0 Å². The quantitative estimate of drug-likeness (QED) is 0.801. The van der Waals surface area contributed by atoms with Gasteiger partial charge >= 0.3 is 0 Å². The first kappa shape index (κ1) is 10.2. The molecule has 0 aromatic carbocycles. The Morgan fingerprint density at radius 1 is 1.60 bits per heavy atom. The molecule has 2 unspecified atom stereocenters. The molecule has 2 rings (SSSR count). The van der Waals surface area contributed by atoms with E-state index < -0.39 is 0 Å². The van der Waals surface area contributed by atoms with Gasteiger partial charge in [-0.25, -0.2) is 0 Å². The minimum atomic E-state index is 0.0589. The second-order valence-electron chi connectivity index (χ2n) is 4.15. The van der Waals surface area contributed by atoms with Crippen molar-refractivity contribution in [2.45, 2.75) is 32.4 Å². The van der Waals surface area contributed by atoms with E-state index in [1.165, 1.54) is 5.57 Å². The highest BCUT2D eigenvalue weighted by atomic mass is 15.3. The lowest BCUT2D eigenvalue weighted by atomic mass is 10.0. The van der Waals surface area contributed by atoms with Gasteiger partial charge in [-0.1, -0.05) is 23.8 Å². The van der Waals surface area contributed by atoms with Gasteiger partial charge in [-0.05, 0) is 20.3 Å². The minimum absolute atomic E-state index is 0.0589. The molecule has 1 aromatic rings. The predicted molar refractivity (Wildman–Crippen MR) is 61.4 cm³/mol. The minimum Gasteiger partial charge on any atom is -0.324 e. The van der Waals surface area contributed by atoms with E-state index in [4.69, 9.17) is 5.73 Å². The van der Waals surface area contributed by atoms with E-state index in [1.807, 2.05) is 24.0 Å². The molecule has 3 heteroatoms. The number of hydrogen-bond donors (Lipinski definition) is 1. The first-order valence-electron chi connectivity index (χ1n) is 5.31. The fraction of sp³-hybridized carbons (Fsp3) is 0.417. The molecule has 1 aliphatic carbocycles. The van der Waals surface area contributed by atoms with E-state index in [0.717, 1.165) is 12.0 Å². The molecule has 2 atom stereocenters. The van der Waals surface area contributed by atoms with Crippen LogP contribution < -0.4 is 5.73 Å². The number of rotatable bonds is 2. The molecule has 80 valence electrons. The van der Waals surface area contributed by atoms with E-state index in [2.05, 4.69) is 30.3 Å². The summed E-state index contributed by atoms with van der Waals surface area (Å²) in [4.78, 5) is 0. The lowest BCUT2D eigenvalue weighted by molar-refractivity contribution is 0.538. The summed E-state index contributed by atoms with van der Waals surface area (Å²) in [5.74, 6) is 0. The van der Waals surface area contributed by atoms with Crippen molar-refractivity contribution in [2.24, 2.45) is 5.73 Å². The van der Waals surface area contributed by atoms with Gasteiger partial charge in [0.1, 0.15) is 0 Å². The highest BCUT2D eigenvalue weighted by Gasteiger charge is 2.11. The van der Waals surface area contributed by atoms with Gasteiger partial charge in [0.15, 0.2) is 0 Å². The molecule has 0 bridgehead atoms. The lowest BCUT2D eigenvalue weighted by Gasteiger charge is -2.15. The van der Waals surface area contributed by atoms with Crippen molar-refractivity contribution in [1.29, 1.82) is 0 Å². The molecule has 0 saturated heterocycles. The largest absolute Gasteiger partial charge is 0.324 e. The Morgan fingerprint density at radius 3 is 2.93 bits per heavy atom. The van der Waals surface area contributed by atoms with Crippen LogP contribution in [0.3, 0.4) is 0 Å². The summed E-state index contributed by atoms with van der Waals surface area (Å²) in [7, 11) is 0. The summed E-state index contributed by atoms with van der Waals surface area (Å²) in [6.07, 6.45) is 11.5. The second-order valence-corrected chi connectivity index (χ2v) is 4.15. The van der Waals surface area contributed by atoms with Crippen molar-refractivity contribution in [1.82, 2.24) is 9.78 Å². The van der Waals surface area contributed by atoms with E-state index in [-0.39, 0.29) is 6.04 Å². The monoisotopic (exact) mass is 203 g/mol.